The molecule has 1 aliphatic rings. The van der Waals surface area contributed by atoms with Crippen molar-refractivity contribution in [3.63, 3.8) is 0 Å². The summed E-state index contributed by atoms with van der Waals surface area (Å²) < 4.78 is 1.86. The van der Waals surface area contributed by atoms with E-state index in [4.69, 9.17) is 11.6 Å². The average Bonchev–Trinajstić information content (AvgIpc) is 3.28. The first-order valence-electron chi connectivity index (χ1n) is 9.40. The number of amides is 1. The van der Waals surface area contributed by atoms with Crippen molar-refractivity contribution in [2.45, 2.75) is 6.92 Å². The zero-order valence-electron chi connectivity index (χ0n) is 16.1. The Morgan fingerprint density at radius 1 is 1.07 bits per heavy atom. The third-order valence-electron chi connectivity index (χ3n) is 4.78. The number of hydrogen-bond donors (Lipinski definition) is 0. The van der Waals surface area contributed by atoms with Crippen molar-refractivity contribution < 1.29 is 4.79 Å². The molecule has 1 saturated heterocycles. The molecule has 148 valence electrons. The first-order valence-corrected chi connectivity index (χ1v) is 9.78. The van der Waals surface area contributed by atoms with Gasteiger partial charge in [0.2, 0.25) is 5.91 Å². The predicted molar refractivity (Wildman–Crippen MR) is 113 cm³/mol. The normalized spacial score (nSPS) is 14.6. The lowest BCUT2D eigenvalue weighted by Gasteiger charge is -2.35. The van der Waals surface area contributed by atoms with Crippen LogP contribution < -0.4 is 4.90 Å². The summed E-state index contributed by atoms with van der Waals surface area (Å²) in [4.78, 5) is 29.7. The molecule has 0 atom stereocenters. The highest BCUT2D eigenvalue weighted by Gasteiger charge is 2.21. The van der Waals surface area contributed by atoms with Crippen molar-refractivity contribution in [3.8, 4) is 5.82 Å². The van der Waals surface area contributed by atoms with Gasteiger partial charge in [-0.1, -0.05) is 23.7 Å². The summed E-state index contributed by atoms with van der Waals surface area (Å²) in [5.74, 6) is 2.37. The first kappa shape index (κ1) is 19.1. The Morgan fingerprint density at radius 2 is 1.79 bits per heavy atom. The van der Waals surface area contributed by atoms with Gasteiger partial charge in [0, 0.05) is 55.7 Å². The zero-order valence-corrected chi connectivity index (χ0v) is 16.8. The van der Waals surface area contributed by atoms with Crippen LogP contribution in [0.4, 0.5) is 5.82 Å². The van der Waals surface area contributed by atoms with E-state index in [1.54, 1.807) is 18.6 Å². The second-order valence-electron chi connectivity index (χ2n) is 6.80. The van der Waals surface area contributed by atoms with Crippen LogP contribution in [-0.2, 0) is 4.79 Å². The van der Waals surface area contributed by atoms with Gasteiger partial charge in [-0.3, -0.25) is 9.36 Å². The first-order chi connectivity index (χ1) is 14.1. The number of rotatable bonds is 4. The molecule has 8 heteroatoms. The van der Waals surface area contributed by atoms with E-state index in [2.05, 4.69) is 19.9 Å². The third-order valence-corrected chi connectivity index (χ3v) is 5.04. The van der Waals surface area contributed by atoms with Crippen molar-refractivity contribution in [3.05, 3.63) is 71.5 Å². The van der Waals surface area contributed by atoms with Gasteiger partial charge in [0.05, 0.1) is 0 Å². The molecule has 0 saturated carbocycles. The highest BCUT2D eigenvalue weighted by molar-refractivity contribution is 6.30. The van der Waals surface area contributed by atoms with Gasteiger partial charge in [0.25, 0.3) is 0 Å². The van der Waals surface area contributed by atoms with Crippen LogP contribution in [0, 0.1) is 6.92 Å². The minimum Gasteiger partial charge on any atom is -0.353 e. The summed E-state index contributed by atoms with van der Waals surface area (Å²) in [7, 11) is 0. The summed E-state index contributed by atoms with van der Waals surface area (Å²) in [5, 5.41) is 0.681. The number of aryl methyl sites for hydroxylation is 1. The fourth-order valence-corrected chi connectivity index (χ4v) is 3.35. The average molecular weight is 409 g/mol. The van der Waals surface area contributed by atoms with Gasteiger partial charge in [0.1, 0.15) is 23.8 Å². The van der Waals surface area contributed by atoms with Crippen LogP contribution in [0.25, 0.3) is 11.9 Å². The van der Waals surface area contributed by atoms with E-state index in [0.717, 1.165) is 30.3 Å². The molecule has 1 amide bonds. The largest absolute Gasteiger partial charge is 0.353 e. The number of piperazine rings is 1. The Balaban J connectivity index is 1.39. The molecule has 0 unspecified atom stereocenters. The lowest BCUT2D eigenvalue weighted by Crippen LogP contribution is -2.48. The van der Waals surface area contributed by atoms with E-state index >= 15 is 0 Å². The van der Waals surface area contributed by atoms with Crippen LogP contribution in [0.15, 0.2) is 55.1 Å². The van der Waals surface area contributed by atoms with E-state index in [9.17, 15) is 4.79 Å². The second-order valence-corrected chi connectivity index (χ2v) is 7.24. The van der Waals surface area contributed by atoms with E-state index in [-0.39, 0.29) is 5.91 Å². The Bertz CT molecular complexity index is 1010. The predicted octanol–water partition coefficient (Wildman–Crippen LogP) is 2.99. The van der Waals surface area contributed by atoms with Crippen LogP contribution in [-0.4, -0.2) is 56.5 Å². The molecule has 0 spiro atoms. The highest BCUT2D eigenvalue weighted by atomic mass is 35.5. The number of aromatic nitrogens is 4. The quantitative estimate of drug-likeness (QED) is 0.621. The summed E-state index contributed by atoms with van der Waals surface area (Å²) in [6.07, 6.45) is 8.73. The molecular formula is C21H21ClN6O. The molecule has 1 aromatic carbocycles. The molecule has 0 radical (unpaired) electrons. The number of nitrogens with zero attached hydrogens (tertiary/aromatic N) is 6. The van der Waals surface area contributed by atoms with E-state index in [0.29, 0.717) is 23.9 Å². The molecule has 0 aliphatic carbocycles. The molecule has 1 fully saturated rings. The van der Waals surface area contributed by atoms with Gasteiger partial charge >= 0.3 is 0 Å². The van der Waals surface area contributed by atoms with Gasteiger partial charge < -0.3 is 9.80 Å². The molecule has 0 N–H and O–H groups in total. The topological polar surface area (TPSA) is 67.2 Å². The van der Waals surface area contributed by atoms with Crippen molar-refractivity contribution >= 4 is 29.4 Å². The number of halogens is 1. The minimum atomic E-state index is 0.0116. The summed E-state index contributed by atoms with van der Waals surface area (Å²) >= 11 is 5.89. The summed E-state index contributed by atoms with van der Waals surface area (Å²) in [6.45, 7) is 4.62. The number of anilines is 1. The Labute approximate surface area is 174 Å². The molecule has 2 aromatic heterocycles. The molecule has 7 nitrogen and oxygen atoms in total. The maximum absolute atomic E-state index is 12.5. The van der Waals surface area contributed by atoms with Crippen molar-refractivity contribution in [2.75, 3.05) is 31.1 Å². The number of imidazole rings is 1. The Kier molecular flexibility index (Phi) is 5.57. The summed E-state index contributed by atoms with van der Waals surface area (Å²) in [5.41, 5.74) is 0.949. The number of carbonyl (C=O) groups excluding carboxylic acids is 1. The van der Waals surface area contributed by atoms with Gasteiger partial charge in [-0.15, -0.1) is 0 Å². The number of hydrogen-bond acceptors (Lipinski definition) is 5. The van der Waals surface area contributed by atoms with Gasteiger partial charge in [0.15, 0.2) is 0 Å². The van der Waals surface area contributed by atoms with Crippen LogP contribution in [0.1, 0.15) is 11.4 Å². The van der Waals surface area contributed by atoms with Crippen molar-refractivity contribution in [2.24, 2.45) is 0 Å². The molecule has 29 heavy (non-hydrogen) atoms. The van der Waals surface area contributed by atoms with E-state index < -0.39 is 0 Å². The molecule has 3 aromatic rings. The van der Waals surface area contributed by atoms with Crippen LogP contribution in [0.2, 0.25) is 5.02 Å². The highest BCUT2D eigenvalue weighted by Crippen LogP contribution is 2.18. The molecular weight excluding hydrogens is 388 g/mol. The van der Waals surface area contributed by atoms with Crippen LogP contribution in [0.5, 0.6) is 0 Å². The van der Waals surface area contributed by atoms with Crippen LogP contribution >= 0.6 is 11.6 Å². The molecule has 4 rings (SSSR count). The molecule has 0 bridgehead atoms. The van der Waals surface area contributed by atoms with E-state index in [1.807, 2.05) is 59.0 Å². The summed E-state index contributed by atoms with van der Waals surface area (Å²) in [6, 6.07) is 9.35. The van der Waals surface area contributed by atoms with E-state index in [1.165, 1.54) is 0 Å². The van der Waals surface area contributed by atoms with Gasteiger partial charge in [-0.05, 0) is 30.7 Å². The zero-order chi connectivity index (χ0) is 20.2. The number of carbonyl (C=O) groups is 1. The number of benzene rings is 1. The van der Waals surface area contributed by atoms with Crippen molar-refractivity contribution in [1.82, 2.24) is 24.4 Å². The fraction of sp³-hybridized carbons (Fsp3) is 0.238. The maximum atomic E-state index is 12.5. The van der Waals surface area contributed by atoms with Crippen molar-refractivity contribution in [1.29, 1.82) is 0 Å². The van der Waals surface area contributed by atoms with Gasteiger partial charge in [-0.2, -0.15) is 0 Å². The van der Waals surface area contributed by atoms with Crippen LogP contribution in [0.3, 0.4) is 0 Å². The SMILES string of the molecule is Cc1nc(N2CCN(C(=O)/C=C/c3ccc(Cl)cc3)CC2)cc(-n2ccnc2)n1. The Hall–Kier alpha value is -3.19. The molecule has 3 heterocycles. The third kappa shape index (κ3) is 4.63. The molecule has 1 aliphatic heterocycles. The van der Waals surface area contributed by atoms with Gasteiger partial charge in [-0.25, -0.2) is 15.0 Å². The fourth-order valence-electron chi connectivity index (χ4n) is 3.23. The lowest BCUT2D eigenvalue weighted by molar-refractivity contribution is -0.126. The Morgan fingerprint density at radius 3 is 2.48 bits per heavy atom. The minimum absolute atomic E-state index is 0.0116. The maximum Gasteiger partial charge on any atom is 0.246 e. The standard InChI is InChI=1S/C21H21ClN6O/c1-16-24-19(14-20(25-16)28-9-8-23-15-28)26-10-12-27(13-11-26)21(29)7-4-17-2-5-18(22)6-3-17/h2-9,14-15H,10-13H2,1H3/b7-4+. The smallest absolute Gasteiger partial charge is 0.246 e. The lowest BCUT2D eigenvalue weighted by atomic mass is 10.2. The second kappa shape index (κ2) is 8.45. The monoisotopic (exact) mass is 408 g/mol.